The van der Waals surface area contributed by atoms with Gasteiger partial charge in [-0.05, 0) is 69.3 Å². The number of aliphatic hydroxyl groups excluding tert-OH is 1. The maximum Gasteiger partial charge on any atom is 0.219 e. The smallest absolute Gasteiger partial charge is 0.219 e. The quantitative estimate of drug-likeness (QED) is 0.360. The Hall–Kier alpha value is -1.91. The molecule has 1 aromatic rings. The Morgan fingerprint density at radius 3 is 2.80 bits per heavy atom. The molecule has 1 fully saturated rings. The predicted molar refractivity (Wildman–Crippen MR) is 123 cm³/mol. The van der Waals surface area contributed by atoms with Gasteiger partial charge in [0.1, 0.15) is 0 Å². The molecule has 166 valence electrons. The van der Waals surface area contributed by atoms with Crippen molar-refractivity contribution in [1.29, 1.82) is 0 Å². The average Bonchev–Trinajstić information content (AvgIpc) is 3.11. The third-order valence-corrected chi connectivity index (χ3v) is 6.00. The van der Waals surface area contributed by atoms with Crippen molar-refractivity contribution in [1.82, 2.24) is 5.32 Å². The number of amides is 1. The first-order valence-corrected chi connectivity index (χ1v) is 11.5. The Bertz CT molecular complexity index is 656. The van der Waals surface area contributed by atoms with Gasteiger partial charge in [0, 0.05) is 20.1 Å². The van der Waals surface area contributed by atoms with E-state index in [-0.39, 0.29) is 24.0 Å². The normalized spacial score (nSPS) is 22.7. The van der Waals surface area contributed by atoms with Gasteiger partial charge in [0.25, 0.3) is 0 Å². The first-order valence-electron chi connectivity index (χ1n) is 11.5. The number of hydrogen-bond donors (Lipinski definition) is 2. The number of nitrogens with one attached hydrogen (secondary N) is 1. The Morgan fingerprint density at radius 1 is 1.27 bits per heavy atom. The fraction of sp³-hybridized carbons (Fsp3) is 0.577. The third kappa shape index (κ3) is 8.85. The van der Waals surface area contributed by atoms with Crippen LogP contribution < -0.4 is 5.32 Å². The van der Waals surface area contributed by atoms with Crippen LogP contribution in [0.15, 0.2) is 54.6 Å². The van der Waals surface area contributed by atoms with E-state index < -0.39 is 0 Å². The van der Waals surface area contributed by atoms with Crippen molar-refractivity contribution in [2.75, 3.05) is 13.7 Å². The van der Waals surface area contributed by atoms with Gasteiger partial charge < -0.3 is 15.2 Å². The second-order valence-electron chi connectivity index (χ2n) is 8.21. The molecule has 1 aliphatic carbocycles. The number of methoxy groups -OCH3 is 1. The van der Waals surface area contributed by atoms with Crippen LogP contribution in [0.2, 0.25) is 0 Å². The zero-order chi connectivity index (χ0) is 21.6. The lowest BCUT2D eigenvalue weighted by molar-refractivity contribution is -0.121. The molecule has 2 rings (SSSR count). The maximum atomic E-state index is 11.5. The lowest BCUT2D eigenvalue weighted by Crippen LogP contribution is -2.21. The molecule has 0 heterocycles. The van der Waals surface area contributed by atoms with Crippen molar-refractivity contribution in [3.63, 3.8) is 0 Å². The van der Waals surface area contributed by atoms with Crippen molar-refractivity contribution >= 4 is 5.91 Å². The summed E-state index contributed by atoms with van der Waals surface area (Å²) in [7, 11) is 1.77. The number of unbranched alkanes of at least 4 members (excludes halogenated alkanes) is 1. The topological polar surface area (TPSA) is 58.6 Å². The van der Waals surface area contributed by atoms with E-state index in [4.69, 9.17) is 4.74 Å². The van der Waals surface area contributed by atoms with E-state index in [9.17, 15) is 9.90 Å². The van der Waals surface area contributed by atoms with E-state index in [1.165, 1.54) is 5.56 Å². The first-order chi connectivity index (χ1) is 14.6. The van der Waals surface area contributed by atoms with E-state index >= 15 is 0 Å². The standard InChI is InChI=1S/C26H39NO3/c1-3-27-26(29)14-10-5-4-9-13-24-22(17-20-25(24)28)16-19-23(30-2)18-15-21-11-7-6-8-12-21/h4,6-9,11-12,16,19,22-25,28H,3,5,10,13-15,17-18,20H2,1-2H3,(H,27,29)/b9-4-,19-16+/t22-,23-,24+,25-/m0/s1. The summed E-state index contributed by atoms with van der Waals surface area (Å²) in [5.41, 5.74) is 1.33. The van der Waals surface area contributed by atoms with Crippen LogP contribution in [0.1, 0.15) is 57.4 Å². The molecule has 0 aromatic heterocycles. The predicted octanol–water partition coefficient (Wildman–Crippen LogP) is 4.83. The van der Waals surface area contributed by atoms with Crippen LogP contribution in [-0.2, 0) is 16.0 Å². The van der Waals surface area contributed by atoms with Gasteiger partial charge in [-0.25, -0.2) is 0 Å². The molecule has 0 saturated heterocycles. The molecule has 30 heavy (non-hydrogen) atoms. The van der Waals surface area contributed by atoms with E-state index in [0.717, 1.165) is 44.9 Å². The number of benzene rings is 1. The van der Waals surface area contributed by atoms with Crippen LogP contribution in [0.25, 0.3) is 0 Å². The highest BCUT2D eigenvalue weighted by Crippen LogP contribution is 2.36. The summed E-state index contributed by atoms with van der Waals surface area (Å²) in [6, 6.07) is 10.5. The van der Waals surface area contributed by atoms with Crippen molar-refractivity contribution in [2.24, 2.45) is 11.8 Å². The maximum absolute atomic E-state index is 11.5. The van der Waals surface area contributed by atoms with E-state index in [0.29, 0.717) is 18.9 Å². The molecule has 0 aliphatic heterocycles. The summed E-state index contributed by atoms with van der Waals surface area (Å²) >= 11 is 0. The van der Waals surface area contributed by atoms with E-state index in [1.807, 2.05) is 13.0 Å². The lowest BCUT2D eigenvalue weighted by Gasteiger charge is -2.19. The number of allylic oxidation sites excluding steroid dienone is 3. The number of aryl methyl sites for hydroxylation is 1. The summed E-state index contributed by atoms with van der Waals surface area (Å²) in [6.45, 7) is 2.63. The summed E-state index contributed by atoms with van der Waals surface area (Å²) in [5.74, 6) is 0.796. The fourth-order valence-electron chi connectivity index (χ4n) is 4.20. The minimum absolute atomic E-state index is 0.105. The molecule has 0 bridgehead atoms. The van der Waals surface area contributed by atoms with Gasteiger partial charge in [-0.15, -0.1) is 0 Å². The molecule has 1 saturated carbocycles. The van der Waals surface area contributed by atoms with Gasteiger partial charge in [-0.3, -0.25) is 4.79 Å². The lowest BCUT2D eigenvalue weighted by atomic mass is 9.90. The highest BCUT2D eigenvalue weighted by atomic mass is 16.5. The van der Waals surface area contributed by atoms with Crippen molar-refractivity contribution in [2.45, 2.75) is 70.5 Å². The van der Waals surface area contributed by atoms with Gasteiger partial charge >= 0.3 is 0 Å². The Morgan fingerprint density at radius 2 is 2.07 bits per heavy atom. The highest BCUT2D eigenvalue weighted by molar-refractivity contribution is 5.75. The molecule has 1 aliphatic rings. The van der Waals surface area contributed by atoms with Crippen molar-refractivity contribution < 1.29 is 14.6 Å². The molecule has 4 atom stereocenters. The zero-order valence-corrected chi connectivity index (χ0v) is 18.6. The highest BCUT2D eigenvalue weighted by Gasteiger charge is 2.32. The molecule has 0 spiro atoms. The van der Waals surface area contributed by atoms with Crippen molar-refractivity contribution in [3.05, 3.63) is 60.2 Å². The van der Waals surface area contributed by atoms with Crippen LogP contribution in [0.4, 0.5) is 0 Å². The molecule has 1 aromatic carbocycles. The largest absolute Gasteiger partial charge is 0.393 e. The SMILES string of the molecule is CCNC(=O)CCC/C=C\C[C@H]1[C@@H](O)CC[C@@H]1/C=C/[C@H](CCc1ccccc1)OC. The third-order valence-electron chi connectivity index (χ3n) is 6.00. The van der Waals surface area contributed by atoms with Gasteiger partial charge in [0.15, 0.2) is 0 Å². The number of carbonyl (C=O) groups excluding carboxylic acids is 1. The monoisotopic (exact) mass is 413 g/mol. The molecular weight excluding hydrogens is 374 g/mol. The number of rotatable bonds is 13. The van der Waals surface area contributed by atoms with Gasteiger partial charge in [-0.2, -0.15) is 0 Å². The Balaban J connectivity index is 1.76. The number of ether oxygens (including phenoxy) is 1. The van der Waals surface area contributed by atoms with E-state index in [2.05, 4.69) is 53.9 Å². The Labute approximate surface area is 182 Å². The minimum atomic E-state index is -0.232. The molecular formula is C26H39NO3. The first kappa shape index (κ1) is 24.4. The number of hydrogen-bond acceptors (Lipinski definition) is 3. The summed E-state index contributed by atoms with van der Waals surface area (Å²) < 4.78 is 5.66. The molecule has 4 nitrogen and oxygen atoms in total. The summed E-state index contributed by atoms with van der Waals surface area (Å²) in [6.07, 6.45) is 15.8. The van der Waals surface area contributed by atoms with Gasteiger partial charge in [0.05, 0.1) is 12.2 Å². The van der Waals surface area contributed by atoms with Crippen molar-refractivity contribution in [3.8, 4) is 0 Å². The summed E-state index contributed by atoms with van der Waals surface area (Å²) in [5, 5.41) is 13.2. The van der Waals surface area contributed by atoms with Gasteiger partial charge in [-0.1, -0.05) is 54.6 Å². The zero-order valence-electron chi connectivity index (χ0n) is 18.6. The molecule has 2 N–H and O–H groups in total. The van der Waals surface area contributed by atoms with Crippen LogP contribution in [0.3, 0.4) is 0 Å². The van der Waals surface area contributed by atoms with Crippen LogP contribution in [0, 0.1) is 11.8 Å². The Kier molecular flexibility index (Phi) is 11.5. The molecule has 4 heteroatoms. The number of aliphatic hydroxyl groups is 1. The molecule has 0 unspecified atom stereocenters. The van der Waals surface area contributed by atoms with Crippen LogP contribution >= 0.6 is 0 Å². The van der Waals surface area contributed by atoms with E-state index in [1.54, 1.807) is 7.11 Å². The second-order valence-corrected chi connectivity index (χ2v) is 8.21. The number of carbonyl (C=O) groups is 1. The minimum Gasteiger partial charge on any atom is -0.393 e. The second kappa shape index (κ2) is 14.2. The average molecular weight is 414 g/mol. The fourth-order valence-corrected chi connectivity index (χ4v) is 4.20. The summed E-state index contributed by atoms with van der Waals surface area (Å²) in [4.78, 5) is 11.5. The van der Waals surface area contributed by atoms with Gasteiger partial charge in [0.2, 0.25) is 5.91 Å². The molecule has 1 amide bonds. The molecule has 0 radical (unpaired) electrons. The van der Waals surface area contributed by atoms with Crippen LogP contribution in [0.5, 0.6) is 0 Å². The van der Waals surface area contributed by atoms with Crippen LogP contribution in [-0.4, -0.2) is 36.9 Å².